The van der Waals surface area contributed by atoms with Gasteiger partial charge in [0.05, 0.1) is 0 Å². The van der Waals surface area contributed by atoms with E-state index in [0.29, 0.717) is 0 Å². The molecule has 0 saturated heterocycles. The fourth-order valence-corrected chi connectivity index (χ4v) is 2.28. The van der Waals surface area contributed by atoms with Crippen LogP contribution in [0.4, 0.5) is 0 Å². The van der Waals surface area contributed by atoms with E-state index in [1.165, 1.54) is 17.5 Å². The van der Waals surface area contributed by atoms with Crippen LogP contribution in [0.1, 0.15) is 43.9 Å². The van der Waals surface area contributed by atoms with E-state index in [1.54, 1.807) is 0 Å². The lowest BCUT2D eigenvalue weighted by molar-refractivity contribution is 0.507. The van der Waals surface area contributed by atoms with E-state index < -0.39 is 0 Å². The molecule has 1 aromatic rings. The Hall–Kier alpha value is -0.340. The van der Waals surface area contributed by atoms with Gasteiger partial charge in [0, 0.05) is 10.5 Å². The molecular weight excluding hydrogens is 250 g/mol. The van der Waals surface area contributed by atoms with Gasteiger partial charge in [-0.05, 0) is 48.9 Å². The topological polar surface area (TPSA) is 26.0 Å². The van der Waals surface area contributed by atoms with Crippen molar-refractivity contribution in [3.8, 4) is 0 Å². The lowest BCUT2D eigenvalue weighted by Gasteiger charge is -2.14. The molecule has 2 N–H and O–H groups in total. The summed E-state index contributed by atoms with van der Waals surface area (Å²) in [6.07, 6.45) is 2.25. The second-order valence-corrected chi connectivity index (χ2v) is 5.56. The number of benzene rings is 1. The summed E-state index contributed by atoms with van der Waals surface area (Å²) in [6.45, 7) is 6.57. The largest absolute Gasteiger partial charge is 0.324 e. The fourth-order valence-electron chi connectivity index (χ4n) is 1.66. The number of hydrogen-bond acceptors (Lipinski definition) is 1. The first kappa shape index (κ1) is 12.7. The molecule has 0 fully saturated rings. The van der Waals surface area contributed by atoms with Gasteiger partial charge in [0.25, 0.3) is 0 Å². The summed E-state index contributed by atoms with van der Waals surface area (Å²) in [6, 6.07) is 6.58. The maximum Gasteiger partial charge on any atom is 0.0295 e. The van der Waals surface area contributed by atoms with Crippen molar-refractivity contribution in [1.82, 2.24) is 0 Å². The molecule has 1 atom stereocenters. The normalized spacial score (nSPS) is 13.2. The molecule has 0 aliphatic heterocycles. The molecule has 1 aromatic carbocycles. The van der Waals surface area contributed by atoms with E-state index in [1.807, 2.05) is 0 Å². The highest BCUT2D eigenvalue weighted by atomic mass is 79.9. The summed E-state index contributed by atoms with van der Waals surface area (Å²) < 4.78 is 1.12. The lowest BCUT2D eigenvalue weighted by atomic mass is 9.97. The van der Waals surface area contributed by atoms with Crippen molar-refractivity contribution in [2.75, 3.05) is 0 Å². The Balaban J connectivity index is 2.68. The molecule has 1 nitrogen and oxygen atoms in total. The molecule has 0 saturated carbocycles. The van der Waals surface area contributed by atoms with Crippen LogP contribution in [-0.4, -0.2) is 0 Å². The van der Waals surface area contributed by atoms with Crippen LogP contribution in [0.2, 0.25) is 0 Å². The monoisotopic (exact) mass is 269 g/mol. The molecule has 0 aliphatic carbocycles. The van der Waals surface area contributed by atoms with Crippen LogP contribution in [0, 0.1) is 12.8 Å². The summed E-state index contributed by atoms with van der Waals surface area (Å²) in [5.41, 5.74) is 8.66. The number of hydrogen-bond donors (Lipinski definition) is 1. The van der Waals surface area contributed by atoms with Gasteiger partial charge in [0.2, 0.25) is 0 Å². The molecule has 1 unspecified atom stereocenters. The molecule has 1 rings (SSSR count). The van der Waals surface area contributed by atoms with Crippen LogP contribution in [0.3, 0.4) is 0 Å². The molecule has 0 amide bonds. The average molecular weight is 270 g/mol. The first-order valence-electron chi connectivity index (χ1n) is 5.51. The maximum absolute atomic E-state index is 6.16. The minimum atomic E-state index is 0.170. The molecule has 0 spiro atoms. The van der Waals surface area contributed by atoms with Crippen LogP contribution in [0.5, 0.6) is 0 Å². The Kier molecular flexibility index (Phi) is 4.81. The lowest BCUT2D eigenvalue weighted by Crippen LogP contribution is -2.11. The van der Waals surface area contributed by atoms with E-state index in [4.69, 9.17) is 5.73 Å². The molecule has 15 heavy (non-hydrogen) atoms. The smallest absolute Gasteiger partial charge is 0.0295 e. The Morgan fingerprint density at radius 1 is 1.20 bits per heavy atom. The number of halogens is 1. The first-order valence-corrected chi connectivity index (χ1v) is 6.31. The van der Waals surface area contributed by atoms with Crippen LogP contribution in [0.15, 0.2) is 22.7 Å². The van der Waals surface area contributed by atoms with Crippen molar-refractivity contribution < 1.29 is 0 Å². The number of nitrogens with two attached hydrogens (primary N) is 1. The van der Waals surface area contributed by atoms with Gasteiger partial charge in [-0.1, -0.05) is 35.8 Å². The van der Waals surface area contributed by atoms with Crippen LogP contribution in [0.25, 0.3) is 0 Å². The van der Waals surface area contributed by atoms with Crippen molar-refractivity contribution in [1.29, 1.82) is 0 Å². The Labute approximate surface area is 101 Å². The fraction of sp³-hybridized carbons (Fsp3) is 0.538. The second-order valence-electron chi connectivity index (χ2n) is 4.64. The number of rotatable bonds is 4. The Bertz CT molecular complexity index is 300. The highest BCUT2D eigenvalue weighted by Gasteiger charge is 2.08. The molecule has 0 bridgehead atoms. The van der Waals surface area contributed by atoms with Gasteiger partial charge in [-0.3, -0.25) is 0 Å². The molecule has 0 aromatic heterocycles. The highest BCUT2D eigenvalue weighted by molar-refractivity contribution is 9.10. The molecule has 0 aliphatic rings. The van der Waals surface area contributed by atoms with Crippen LogP contribution < -0.4 is 5.73 Å². The van der Waals surface area contributed by atoms with E-state index in [0.717, 1.165) is 16.8 Å². The zero-order valence-corrected chi connectivity index (χ0v) is 11.3. The van der Waals surface area contributed by atoms with Crippen molar-refractivity contribution in [3.05, 3.63) is 33.8 Å². The predicted molar refractivity (Wildman–Crippen MR) is 69.9 cm³/mol. The standard InChI is InChI=1S/C13H20BrN/c1-9(2)4-5-13(15)11-6-10(3)7-12(14)8-11/h6-9,13H,4-5,15H2,1-3H3. The molecule has 84 valence electrons. The number of aryl methyl sites for hydroxylation is 1. The van der Waals surface area contributed by atoms with Crippen molar-refractivity contribution in [2.45, 2.75) is 39.7 Å². The summed E-state index contributed by atoms with van der Waals surface area (Å²) >= 11 is 3.51. The second kappa shape index (κ2) is 5.66. The van der Waals surface area contributed by atoms with Crippen molar-refractivity contribution >= 4 is 15.9 Å². The third-order valence-electron chi connectivity index (χ3n) is 2.55. The van der Waals surface area contributed by atoms with Gasteiger partial charge in [-0.15, -0.1) is 0 Å². The van der Waals surface area contributed by atoms with E-state index in [-0.39, 0.29) is 6.04 Å². The Morgan fingerprint density at radius 3 is 2.40 bits per heavy atom. The minimum Gasteiger partial charge on any atom is -0.324 e. The summed E-state index contributed by atoms with van der Waals surface area (Å²) in [7, 11) is 0. The highest BCUT2D eigenvalue weighted by Crippen LogP contribution is 2.23. The molecule has 2 heteroatoms. The molecular formula is C13H20BrN. The van der Waals surface area contributed by atoms with E-state index in [2.05, 4.69) is 54.9 Å². The predicted octanol–water partition coefficient (Wildman–Crippen LogP) is 4.19. The van der Waals surface area contributed by atoms with Gasteiger partial charge < -0.3 is 5.73 Å². The molecule has 0 heterocycles. The summed E-state index contributed by atoms with van der Waals surface area (Å²) in [5.74, 6) is 0.726. The van der Waals surface area contributed by atoms with E-state index in [9.17, 15) is 0 Å². The quantitative estimate of drug-likeness (QED) is 0.872. The zero-order valence-electron chi connectivity index (χ0n) is 9.76. The van der Waals surface area contributed by atoms with Gasteiger partial charge in [-0.2, -0.15) is 0 Å². The minimum absolute atomic E-state index is 0.170. The summed E-state index contributed by atoms with van der Waals surface area (Å²) in [4.78, 5) is 0. The Morgan fingerprint density at radius 2 is 1.87 bits per heavy atom. The first-order chi connectivity index (χ1) is 6.99. The van der Waals surface area contributed by atoms with Gasteiger partial charge >= 0.3 is 0 Å². The third-order valence-corrected chi connectivity index (χ3v) is 3.01. The zero-order chi connectivity index (χ0) is 11.4. The average Bonchev–Trinajstić information content (AvgIpc) is 2.12. The van der Waals surface area contributed by atoms with Crippen molar-refractivity contribution in [3.63, 3.8) is 0 Å². The van der Waals surface area contributed by atoms with Crippen LogP contribution >= 0.6 is 15.9 Å². The SMILES string of the molecule is Cc1cc(Br)cc(C(N)CCC(C)C)c1. The summed E-state index contributed by atoms with van der Waals surface area (Å²) in [5, 5.41) is 0. The molecule has 0 radical (unpaired) electrons. The van der Waals surface area contributed by atoms with Crippen molar-refractivity contribution in [2.24, 2.45) is 11.7 Å². The van der Waals surface area contributed by atoms with Gasteiger partial charge in [-0.25, -0.2) is 0 Å². The van der Waals surface area contributed by atoms with Crippen LogP contribution in [-0.2, 0) is 0 Å². The van der Waals surface area contributed by atoms with Gasteiger partial charge in [0.1, 0.15) is 0 Å². The van der Waals surface area contributed by atoms with Gasteiger partial charge in [0.15, 0.2) is 0 Å². The third kappa shape index (κ3) is 4.35. The maximum atomic E-state index is 6.16. The van der Waals surface area contributed by atoms with E-state index >= 15 is 0 Å².